The molecule has 144 valence electrons. The number of rotatable bonds is 12. The zero-order chi connectivity index (χ0) is 16.8. The summed E-state index contributed by atoms with van der Waals surface area (Å²) in [6.45, 7) is 4.72. The van der Waals surface area contributed by atoms with Crippen molar-refractivity contribution in [3.8, 4) is 0 Å². The van der Waals surface area contributed by atoms with Gasteiger partial charge < -0.3 is 24.8 Å². The fourth-order valence-corrected chi connectivity index (χ4v) is 3.08. The number of nitrogens with zero attached hydrogens (tertiary/aromatic N) is 1. The normalized spacial score (nSPS) is 16.7. The van der Waals surface area contributed by atoms with Gasteiger partial charge >= 0.3 is 0 Å². The number of halogens is 1. The second-order valence-electron chi connectivity index (χ2n) is 6.26. The smallest absolute Gasteiger partial charge is 0.190 e. The summed E-state index contributed by atoms with van der Waals surface area (Å²) >= 11 is 0. The number of guanidine groups is 1. The molecule has 0 aliphatic heterocycles. The fourth-order valence-electron chi connectivity index (χ4n) is 3.08. The molecule has 0 saturated heterocycles. The maximum Gasteiger partial charge on any atom is 0.190 e. The molecule has 0 aromatic heterocycles. The van der Waals surface area contributed by atoms with Gasteiger partial charge in [-0.3, -0.25) is 4.99 Å². The van der Waals surface area contributed by atoms with Crippen LogP contribution in [0.3, 0.4) is 0 Å². The molecule has 24 heavy (non-hydrogen) atoms. The zero-order valence-corrected chi connectivity index (χ0v) is 17.9. The Morgan fingerprint density at radius 3 is 2.33 bits per heavy atom. The number of hydrogen-bond donors (Lipinski definition) is 2. The van der Waals surface area contributed by atoms with Gasteiger partial charge in [-0.15, -0.1) is 24.0 Å². The Bertz CT molecular complexity index is 324. The largest absolute Gasteiger partial charge is 0.385 e. The fraction of sp³-hybridized carbons (Fsp3) is 0.941. The van der Waals surface area contributed by atoms with E-state index < -0.39 is 0 Å². The van der Waals surface area contributed by atoms with Gasteiger partial charge in [0, 0.05) is 47.6 Å². The van der Waals surface area contributed by atoms with Crippen molar-refractivity contribution in [2.45, 2.75) is 38.5 Å². The van der Waals surface area contributed by atoms with E-state index in [9.17, 15) is 0 Å². The molecule has 0 amide bonds. The van der Waals surface area contributed by atoms with Gasteiger partial charge in [-0.25, -0.2) is 0 Å². The van der Waals surface area contributed by atoms with E-state index in [1.54, 1.807) is 14.2 Å². The second-order valence-corrected chi connectivity index (χ2v) is 6.26. The first-order valence-electron chi connectivity index (χ1n) is 8.76. The molecule has 6 nitrogen and oxygen atoms in total. The Kier molecular flexibility index (Phi) is 15.1. The van der Waals surface area contributed by atoms with Gasteiger partial charge in [-0.05, 0) is 31.1 Å². The van der Waals surface area contributed by atoms with E-state index in [0.29, 0.717) is 18.6 Å². The molecule has 0 spiro atoms. The van der Waals surface area contributed by atoms with Gasteiger partial charge in [0.15, 0.2) is 5.96 Å². The van der Waals surface area contributed by atoms with Crippen LogP contribution in [0, 0.1) is 5.41 Å². The number of ether oxygens (including phenoxy) is 3. The van der Waals surface area contributed by atoms with Crippen LogP contribution in [0.4, 0.5) is 0 Å². The minimum Gasteiger partial charge on any atom is -0.385 e. The van der Waals surface area contributed by atoms with Crippen molar-refractivity contribution in [1.82, 2.24) is 10.6 Å². The minimum absolute atomic E-state index is 0. The van der Waals surface area contributed by atoms with E-state index in [0.717, 1.165) is 45.1 Å². The second kappa shape index (κ2) is 15.2. The molecule has 1 aliphatic carbocycles. The lowest BCUT2D eigenvalue weighted by Crippen LogP contribution is -2.43. The van der Waals surface area contributed by atoms with Gasteiger partial charge in [0.05, 0.1) is 13.2 Å². The third-order valence-corrected chi connectivity index (χ3v) is 4.54. The first-order valence-corrected chi connectivity index (χ1v) is 8.76. The lowest BCUT2D eigenvalue weighted by Gasteiger charge is -2.30. The minimum atomic E-state index is 0. The van der Waals surface area contributed by atoms with Crippen molar-refractivity contribution in [3.63, 3.8) is 0 Å². The van der Waals surface area contributed by atoms with Gasteiger partial charge in [-0.2, -0.15) is 0 Å². The van der Waals surface area contributed by atoms with Crippen LogP contribution in [0.15, 0.2) is 4.99 Å². The van der Waals surface area contributed by atoms with Crippen LogP contribution in [0.25, 0.3) is 0 Å². The Hall–Kier alpha value is -0.120. The van der Waals surface area contributed by atoms with Crippen molar-refractivity contribution in [2.24, 2.45) is 10.4 Å². The number of aliphatic imine (C=N–C) groups is 1. The van der Waals surface area contributed by atoms with E-state index in [1.165, 1.54) is 25.7 Å². The first-order chi connectivity index (χ1) is 11.3. The molecule has 0 radical (unpaired) electrons. The van der Waals surface area contributed by atoms with Crippen LogP contribution in [0.1, 0.15) is 38.5 Å². The molecular weight excluding hydrogens is 421 g/mol. The summed E-state index contributed by atoms with van der Waals surface area (Å²) in [5.41, 5.74) is 0.372. The van der Waals surface area contributed by atoms with Crippen molar-refractivity contribution in [3.05, 3.63) is 0 Å². The van der Waals surface area contributed by atoms with Crippen LogP contribution >= 0.6 is 24.0 Å². The van der Waals surface area contributed by atoms with Gasteiger partial charge in [0.1, 0.15) is 0 Å². The topological polar surface area (TPSA) is 64.1 Å². The van der Waals surface area contributed by atoms with Crippen molar-refractivity contribution in [2.75, 3.05) is 60.8 Å². The molecule has 1 rings (SSSR count). The molecule has 0 unspecified atom stereocenters. The number of methoxy groups -OCH3 is 2. The molecule has 0 atom stereocenters. The standard InChI is InChI=1S/C17H35N3O3.HI/c1-18-16(19-10-6-11-23-14-13-22-3)20-15-17(9-12-21-2)7-4-5-8-17;/h4-15H2,1-3H3,(H2,18,19,20);1H. The molecule has 0 bridgehead atoms. The molecule has 0 aromatic rings. The van der Waals surface area contributed by atoms with Crippen LogP contribution in [0.5, 0.6) is 0 Å². The molecule has 1 fully saturated rings. The highest BCUT2D eigenvalue weighted by molar-refractivity contribution is 14.0. The van der Waals surface area contributed by atoms with E-state index >= 15 is 0 Å². The molecule has 0 heterocycles. The van der Waals surface area contributed by atoms with Gasteiger partial charge in [0.2, 0.25) is 0 Å². The summed E-state index contributed by atoms with van der Waals surface area (Å²) in [5, 5.41) is 6.85. The van der Waals surface area contributed by atoms with E-state index in [-0.39, 0.29) is 24.0 Å². The quantitative estimate of drug-likeness (QED) is 0.204. The highest BCUT2D eigenvalue weighted by Crippen LogP contribution is 2.40. The number of hydrogen-bond acceptors (Lipinski definition) is 4. The molecule has 1 saturated carbocycles. The van der Waals surface area contributed by atoms with Crippen LogP contribution in [-0.2, 0) is 14.2 Å². The van der Waals surface area contributed by atoms with Crippen molar-refractivity contribution >= 4 is 29.9 Å². The van der Waals surface area contributed by atoms with Crippen LogP contribution in [0.2, 0.25) is 0 Å². The Balaban J connectivity index is 0.00000529. The Morgan fingerprint density at radius 1 is 1.00 bits per heavy atom. The third kappa shape index (κ3) is 10.0. The highest BCUT2D eigenvalue weighted by atomic mass is 127. The van der Waals surface area contributed by atoms with Crippen LogP contribution in [-0.4, -0.2) is 66.7 Å². The molecule has 0 aromatic carbocycles. The molecule has 1 aliphatic rings. The van der Waals surface area contributed by atoms with Crippen molar-refractivity contribution in [1.29, 1.82) is 0 Å². The average molecular weight is 457 g/mol. The lowest BCUT2D eigenvalue weighted by atomic mass is 9.83. The predicted molar refractivity (Wildman–Crippen MR) is 109 cm³/mol. The number of nitrogens with one attached hydrogen (secondary N) is 2. The maximum absolute atomic E-state index is 5.45. The SMILES string of the molecule is CN=C(NCCCOCCOC)NCC1(CCOC)CCCC1.I. The van der Waals surface area contributed by atoms with Crippen molar-refractivity contribution < 1.29 is 14.2 Å². The summed E-state index contributed by atoms with van der Waals surface area (Å²) in [7, 11) is 5.29. The van der Waals surface area contributed by atoms with E-state index in [2.05, 4.69) is 15.6 Å². The summed E-state index contributed by atoms with van der Waals surface area (Å²) < 4.78 is 15.7. The molecule has 2 N–H and O–H groups in total. The maximum atomic E-state index is 5.45. The summed E-state index contributed by atoms with van der Waals surface area (Å²) in [4.78, 5) is 4.31. The molecular formula is C17H36IN3O3. The summed E-state index contributed by atoms with van der Waals surface area (Å²) in [6.07, 6.45) is 7.31. The third-order valence-electron chi connectivity index (χ3n) is 4.54. The lowest BCUT2D eigenvalue weighted by molar-refractivity contribution is 0.0698. The zero-order valence-electron chi connectivity index (χ0n) is 15.6. The highest BCUT2D eigenvalue weighted by Gasteiger charge is 2.33. The Morgan fingerprint density at radius 2 is 1.71 bits per heavy atom. The Labute approximate surface area is 164 Å². The average Bonchev–Trinajstić information content (AvgIpc) is 3.04. The van der Waals surface area contributed by atoms with Gasteiger partial charge in [0.25, 0.3) is 0 Å². The van der Waals surface area contributed by atoms with E-state index in [4.69, 9.17) is 14.2 Å². The summed E-state index contributed by atoms with van der Waals surface area (Å²) in [5.74, 6) is 0.880. The summed E-state index contributed by atoms with van der Waals surface area (Å²) in [6, 6.07) is 0. The molecule has 7 heteroatoms. The first kappa shape index (κ1) is 23.9. The van der Waals surface area contributed by atoms with Gasteiger partial charge in [-0.1, -0.05) is 12.8 Å². The monoisotopic (exact) mass is 457 g/mol. The van der Waals surface area contributed by atoms with Crippen LogP contribution < -0.4 is 10.6 Å². The predicted octanol–water partition coefficient (Wildman–Crippen LogP) is 2.42. The van der Waals surface area contributed by atoms with E-state index in [1.807, 2.05) is 7.05 Å².